The van der Waals surface area contributed by atoms with Crippen molar-refractivity contribution < 1.29 is 23.9 Å². The molecular formula is C31H29N7O5S2. The monoisotopic (exact) mass is 643 g/mol. The number of carbonyl (C=O) groups excluding carboxylic acids is 3. The number of esters is 1. The predicted octanol–water partition coefficient (Wildman–Crippen LogP) is 4.52. The topological polar surface area (TPSA) is 141 Å². The Morgan fingerprint density at radius 3 is 2.40 bits per heavy atom. The number of hydrogen-bond acceptors (Lipinski definition) is 11. The zero-order valence-electron chi connectivity index (χ0n) is 24.6. The van der Waals surface area contributed by atoms with Crippen LogP contribution in [-0.4, -0.2) is 70.9 Å². The van der Waals surface area contributed by atoms with Gasteiger partial charge in [0.1, 0.15) is 27.7 Å². The summed E-state index contributed by atoms with van der Waals surface area (Å²) >= 11 is 2.75. The lowest BCUT2D eigenvalue weighted by Crippen LogP contribution is -2.70. The molecule has 2 aliphatic heterocycles. The summed E-state index contributed by atoms with van der Waals surface area (Å²) in [6.45, 7) is 5.24. The minimum atomic E-state index is -0.848. The fourth-order valence-electron chi connectivity index (χ4n) is 4.82. The molecule has 0 aliphatic carbocycles. The third-order valence-corrected chi connectivity index (χ3v) is 8.83. The van der Waals surface area contributed by atoms with Crippen molar-refractivity contribution in [3.05, 3.63) is 107 Å². The van der Waals surface area contributed by atoms with E-state index in [2.05, 4.69) is 25.9 Å². The molecule has 1 N–H and O–H groups in total. The number of thioether (sulfide) groups is 2. The summed E-state index contributed by atoms with van der Waals surface area (Å²) in [5.74, 6) is -0.686. The number of rotatable bonds is 8. The molecule has 2 amide bonds. The van der Waals surface area contributed by atoms with Gasteiger partial charge in [-0.2, -0.15) is 0 Å². The van der Waals surface area contributed by atoms with Crippen LogP contribution in [0.2, 0.25) is 0 Å². The van der Waals surface area contributed by atoms with Gasteiger partial charge in [0.2, 0.25) is 0 Å². The Morgan fingerprint density at radius 1 is 1.04 bits per heavy atom. The van der Waals surface area contributed by atoms with E-state index in [0.29, 0.717) is 22.0 Å². The first-order valence-electron chi connectivity index (χ1n) is 14.0. The molecule has 4 heterocycles. The fraction of sp³-hybridized carbons (Fsp3) is 0.258. The SMILES string of the molecule is CC(C)(C)OC(=O)N[C@@H]1C(=O)N2C(C(=O)OC(c3ccccc3)c3ccccc3)=C(/C=C/Sc3ccc4nnnn4n3)CS[C@H]12. The summed E-state index contributed by atoms with van der Waals surface area (Å²) in [6.07, 6.45) is 0.369. The van der Waals surface area contributed by atoms with Gasteiger partial charge >= 0.3 is 12.1 Å². The van der Waals surface area contributed by atoms with Crippen LogP contribution < -0.4 is 5.32 Å². The number of β-lactam (4-membered cyclic amide) rings is 1. The number of amides is 2. The number of hydrogen-bond donors (Lipinski definition) is 1. The fourth-order valence-corrected chi connectivity index (χ4v) is 6.79. The molecule has 230 valence electrons. The second-order valence-corrected chi connectivity index (χ2v) is 13.2. The van der Waals surface area contributed by atoms with Crippen LogP contribution in [0.5, 0.6) is 0 Å². The first-order valence-corrected chi connectivity index (χ1v) is 16.0. The first-order chi connectivity index (χ1) is 21.7. The lowest BCUT2D eigenvalue weighted by molar-refractivity contribution is -0.153. The number of nitrogens with one attached hydrogen (secondary N) is 1. The van der Waals surface area contributed by atoms with Gasteiger partial charge in [-0.1, -0.05) is 72.4 Å². The lowest BCUT2D eigenvalue weighted by Gasteiger charge is -2.49. The summed E-state index contributed by atoms with van der Waals surface area (Å²) in [6, 6.07) is 21.5. The summed E-state index contributed by atoms with van der Waals surface area (Å²) in [4.78, 5) is 41.5. The summed E-state index contributed by atoms with van der Waals surface area (Å²) in [7, 11) is 0. The smallest absolute Gasteiger partial charge is 0.408 e. The molecule has 0 radical (unpaired) electrons. The highest BCUT2D eigenvalue weighted by molar-refractivity contribution is 8.02. The summed E-state index contributed by atoms with van der Waals surface area (Å²) in [5.41, 5.74) is 2.09. The Hall–Kier alpha value is -4.69. The highest BCUT2D eigenvalue weighted by atomic mass is 32.2. The van der Waals surface area contributed by atoms with E-state index in [1.807, 2.05) is 60.7 Å². The molecular weight excluding hydrogens is 615 g/mol. The number of ether oxygens (including phenoxy) is 2. The summed E-state index contributed by atoms with van der Waals surface area (Å²) < 4.78 is 12.9. The van der Waals surface area contributed by atoms with Gasteiger partial charge in [-0.25, -0.2) is 9.59 Å². The molecule has 1 saturated heterocycles. The van der Waals surface area contributed by atoms with Crippen molar-refractivity contribution in [3.63, 3.8) is 0 Å². The second-order valence-electron chi connectivity index (χ2n) is 11.1. The average Bonchev–Trinajstić information content (AvgIpc) is 3.50. The van der Waals surface area contributed by atoms with E-state index in [1.54, 1.807) is 44.4 Å². The van der Waals surface area contributed by atoms with E-state index in [1.165, 1.54) is 33.1 Å². The van der Waals surface area contributed by atoms with Gasteiger partial charge in [-0.05, 0) is 71.5 Å². The van der Waals surface area contributed by atoms with E-state index >= 15 is 0 Å². The molecule has 6 rings (SSSR count). The van der Waals surface area contributed by atoms with Crippen LogP contribution in [0.15, 0.2) is 101 Å². The van der Waals surface area contributed by atoms with Crippen LogP contribution in [0.4, 0.5) is 4.79 Å². The maximum atomic E-state index is 14.1. The number of allylic oxidation sites excluding steroid dienone is 1. The molecule has 0 unspecified atom stereocenters. The number of carbonyl (C=O) groups is 3. The van der Waals surface area contributed by atoms with Crippen LogP contribution in [-0.2, 0) is 19.1 Å². The van der Waals surface area contributed by atoms with Crippen molar-refractivity contribution in [1.82, 2.24) is 35.5 Å². The molecule has 4 aromatic rings. The van der Waals surface area contributed by atoms with Gasteiger partial charge in [0.25, 0.3) is 5.91 Å². The number of alkyl carbamates (subject to hydrolysis) is 1. The molecule has 2 atom stereocenters. The van der Waals surface area contributed by atoms with Gasteiger partial charge in [-0.3, -0.25) is 9.69 Å². The molecule has 2 aromatic heterocycles. The van der Waals surface area contributed by atoms with Crippen molar-refractivity contribution in [2.24, 2.45) is 0 Å². The highest BCUT2D eigenvalue weighted by Gasteiger charge is 2.54. The number of nitrogens with zero attached hydrogens (tertiary/aromatic N) is 6. The molecule has 1 fully saturated rings. The molecule has 0 saturated carbocycles. The average molecular weight is 644 g/mol. The predicted molar refractivity (Wildman–Crippen MR) is 168 cm³/mol. The van der Waals surface area contributed by atoms with Crippen LogP contribution in [0.3, 0.4) is 0 Å². The number of tetrazole rings is 1. The Balaban J connectivity index is 1.30. The van der Waals surface area contributed by atoms with Gasteiger partial charge in [-0.15, -0.1) is 26.6 Å². The van der Waals surface area contributed by atoms with E-state index in [-0.39, 0.29) is 5.70 Å². The number of fused-ring (bicyclic) bond motifs is 2. The van der Waals surface area contributed by atoms with Crippen molar-refractivity contribution >= 4 is 47.1 Å². The van der Waals surface area contributed by atoms with Crippen LogP contribution in [0.25, 0.3) is 5.65 Å². The Bertz CT molecular complexity index is 1750. The molecule has 2 aliphatic rings. The molecule has 45 heavy (non-hydrogen) atoms. The quantitative estimate of drug-likeness (QED) is 0.165. The third-order valence-electron chi connectivity index (χ3n) is 6.80. The zero-order valence-corrected chi connectivity index (χ0v) is 26.2. The van der Waals surface area contributed by atoms with Gasteiger partial charge < -0.3 is 14.8 Å². The Kier molecular flexibility index (Phi) is 8.59. The van der Waals surface area contributed by atoms with Crippen molar-refractivity contribution in [1.29, 1.82) is 0 Å². The molecule has 2 aromatic carbocycles. The lowest BCUT2D eigenvalue weighted by atomic mass is 10.0. The maximum absolute atomic E-state index is 14.1. The molecule has 0 bridgehead atoms. The van der Waals surface area contributed by atoms with Crippen LogP contribution >= 0.6 is 23.5 Å². The normalized spacial score (nSPS) is 18.2. The largest absolute Gasteiger partial charge is 0.448 e. The summed E-state index contributed by atoms with van der Waals surface area (Å²) in [5, 5.41) is 20.2. The van der Waals surface area contributed by atoms with Crippen molar-refractivity contribution in [2.75, 3.05) is 5.75 Å². The van der Waals surface area contributed by atoms with Crippen molar-refractivity contribution in [3.8, 4) is 0 Å². The van der Waals surface area contributed by atoms with E-state index in [9.17, 15) is 14.4 Å². The first kappa shape index (κ1) is 30.3. The Morgan fingerprint density at radius 2 is 1.73 bits per heavy atom. The van der Waals surface area contributed by atoms with E-state index < -0.39 is 41.1 Å². The standard InChI is InChI=1S/C31H29N7O5S2/c1-31(2,3)43-30(41)32-24-27(39)37-25(29(40)42-26(19-10-6-4-7-11-19)20-12-8-5-9-13-20)21(18-45-28(24)37)16-17-44-23-15-14-22-33-35-36-38(22)34-23/h4-17,24,26,28H,18H2,1-3H3,(H,32,41)/b17-16+/t24-,28-/m1/s1. The molecule has 0 spiro atoms. The minimum absolute atomic E-state index is 0.128. The molecule has 14 heteroatoms. The Labute approximate surface area is 267 Å². The maximum Gasteiger partial charge on any atom is 0.408 e. The van der Waals surface area contributed by atoms with Gasteiger partial charge in [0.05, 0.1) is 0 Å². The molecule has 12 nitrogen and oxygen atoms in total. The zero-order chi connectivity index (χ0) is 31.6. The van der Waals surface area contributed by atoms with E-state index in [0.717, 1.165) is 11.1 Å². The number of benzene rings is 2. The number of aromatic nitrogens is 5. The van der Waals surface area contributed by atoms with Gasteiger partial charge in [0.15, 0.2) is 11.8 Å². The van der Waals surface area contributed by atoms with E-state index in [4.69, 9.17) is 9.47 Å². The van der Waals surface area contributed by atoms with Gasteiger partial charge in [0, 0.05) is 5.75 Å². The van der Waals surface area contributed by atoms with Crippen molar-refractivity contribution in [2.45, 2.75) is 48.9 Å². The minimum Gasteiger partial charge on any atom is -0.448 e. The third kappa shape index (κ3) is 6.71. The van der Waals surface area contributed by atoms with Crippen LogP contribution in [0, 0.1) is 0 Å². The highest BCUT2D eigenvalue weighted by Crippen LogP contribution is 2.42. The second kappa shape index (κ2) is 12.7. The van der Waals surface area contributed by atoms with Crippen LogP contribution in [0.1, 0.15) is 38.0 Å².